The first kappa shape index (κ1) is 32.0. The summed E-state index contributed by atoms with van der Waals surface area (Å²) in [4.78, 5) is 10.8. The lowest BCUT2D eigenvalue weighted by molar-refractivity contribution is -0.289. The third kappa shape index (κ3) is 6.40. The van der Waals surface area contributed by atoms with Gasteiger partial charge in [-0.05, 0) is 31.7 Å². The summed E-state index contributed by atoms with van der Waals surface area (Å²) in [7, 11) is -1.18. The fourth-order valence-electron chi connectivity index (χ4n) is 4.71. The Kier molecular flexibility index (Phi) is 8.43. The zero-order valence-corrected chi connectivity index (χ0v) is 24.9. The number of benzene rings is 2. The normalized spacial score (nSPS) is 14.9. The summed E-state index contributed by atoms with van der Waals surface area (Å²) < 4.78 is 123. The highest BCUT2D eigenvalue weighted by Crippen LogP contribution is 2.51. The summed E-state index contributed by atoms with van der Waals surface area (Å²) in [6, 6.07) is 9.37. The van der Waals surface area contributed by atoms with Crippen molar-refractivity contribution in [2.75, 3.05) is 42.8 Å². The number of nitrogens with zero attached hydrogens (tertiary/aromatic N) is 6. The third-order valence-corrected chi connectivity index (χ3v) is 8.44. The molecule has 1 saturated heterocycles. The maximum Gasteiger partial charge on any atom is 0.458 e. The SMILES string of the molecule is Cc1ccccc1-c1nc(NS(=O)(=O)c2cnn(C)c2)nc(Oc2cccc(N3CCN(C)CC3)c2F)c1C(F)(F)C(F)(F)F. The second-order valence-corrected chi connectivity index (χ2v) is 12.1. The van der Waals surface area contributed by atoms with Gasteiger partial charge < -0.3 is 14.5 Å². The molecule has 0 unspecified atom stereocenters. The van der Waals surface area contributed by atoms with Gasteiger partial charge in [0.15, 0.2) is 11.6 Å². The van der Waals surface area contributed by atoms with Crippen molar-refractivity contribution in [2.45, 2.75) is 23.9 Å². The monoisotopic (exact) mass is 655 g/mol. The Hall–Kier alpha value is -4.38. The lowest BCUT2D eigenvalue weighted by Crippen LogP contribution is -2.44. The molecule has 2 aromatic heterocycles. The van der Waals surface area contributed by atoms with Crippen molar-refractivity contribution in [3.8, 4) is 22.9 Å². The van der Waals surface area contributed by atoms with Gasteiger partial charge in [0.2, 0.25) is 11.8 Å². The van der Waals surface area contributed by atoms with Crippen LogP contribution in [0.3, 0.4) is 0 Å². The van der Waals surface area contributed by atoms with Crippen LogP contribution in [-0.4, -0.2) is 72.5 Å². The number of hydrogen-bond acceptors (Lipinski definition) is 8. The minimum absolute atomic E-state index is 0.0374. The largest absolute Gasteiger partial charge is 0.458 e. The number of anilines is 2. The Labute approximate surface area is 254 Å². The van der Waals surface area contributed by atoms with Gasteiger partial charge in [0.1, 0.15) is 10.5 Å². The van der Waals surface area contributed by atoms with E-state index >= 15 is 13.2 Å². The number of alkyl halides is 5. The molecule has 2 aromatic carbocycles. The summed E-state index contributed by atoms with van der Waals surface area (Å²) >= 11 is 0. The predicted octanol–water partition coefficient (Wildman–Crippen LogP) is 5.32. The van der Waals surface area contributed by atoms with E-state index in [1.165, 1.54) is 55.1 Å². The molecule has 4 aromatic rings. The molecule has 1 N–H and O–H groups in total. The van der Waals surface area contributed by atoms with Crippen molar-refractivity contribution in [1.82, 2.24) is 24.6 Å². The highest BCUT2D eigenvalue weighted by atomic mass is 32.2. The number of aryl methyl sites for hydroxylation is 2. The van der Waals surface area contributed by atoms with Crippen LogP contribution in [0.5, 0.6) is 11.6 Å². The molecule has 0 radical (unpaired) electrons. The molecule has 0 amide bonds. The fourth-order valence-corrected chi connectivity index (χ4v) is 5.64. The van der Waals surface area contributed by atoms with E-state index in [0.29, 0.717) is 26.2 Å². The van der Waals surface area contributed by atoms with Crippen molar-refractivity contribution >= 4 is 21.7 Å². The lowest BCUT2D eigenvalue weighted by atomic mass is 9.98. The van der Waals surface area contributed by atoms with E-state index in [1.54, 1.807) is 4.90 Å². The van der Waals surface area contributed by atoms with Crippen LogP contribution in [0, 0.1) is 12.7 Å². The maximum atomic E-state index is 15.8. The van der Waals surface area contributed by atoms with E-state index in [9.17, 15) is 21.6 Å². The molecule has 10 nitrogen and oxygen atoms in total. The molecule has 0 aliphatic carbocycles. The number of nitrogens with one attached hydrogen (secondary N) is 1. The van der Waals surface area contributed by atoms with E-state index in [2.05, 4.69) is 15.1 Å². The fraction of sp³-hybridized carbons (Fsp3) is 0.321. The molecule has 3 heterocycles. The first-order chi connectivity index (χ1) is 21.1. The number of likely N-dealkylation sites (N-methyl/N-ethyl adjacent to an activating group) is 1. The third-order valence-electron chi connectivity index (χ3n) is 7.16. The molecule has 45 heavy (non-hydrogen) atoms. The van der Waals surface area contributed by atoms with E-state index in [-0.39, 0.29) is 21.7 Å². The maximum absolute atomic E-state index is 15.8. The van der Waals surface area contributed by atoms with Gasteiger partial charge in [-0.25, -0.2) is 22.5 Å². The van der Waals surface area contributed by atoms with Gasteiger partial charge in [-0.1, -0.05) is 30.3 Å². The van der Waals surface area contributed by atoms with Gasteiger partial charge in [0, 0.05) is 45.0 Å². The Morgan fingerprint density at radius 3 is 2.24 bits per heavy atom. The Morgan fingerprint density at radius 2 is 1.62 bits per heavy atom. The standard InChI is InChI=1S/C28H27F6N7O3S/c1-17-7-4-5-8-19(17)24-22(27(30,31)28(32,33)34)25(37-26(36-24)38-45(42,43)18-15-35-40(3)16-18)44-21-10-6-9-20(23(21)29)41-13-11-39(2)12-14-41/h4-10,15-16H,11-14H2,1-3H3,(H,36,37,38). The quantitative estimate of drug-likeness (QED) is 0.255. The second kappa shape index (κ2) is 11.8. The zero-order valence-electron chi connectivity index (χ0n) is 24.1. The van der Waals surface area contributed by atoms with Gasteiger partial charge in [0.25, 0.3) is 10.0 Å². The Bertz CT molecular complexity index is 1820. The lowest BCUT2D eigenvalue weighted by Gasteiger charge is -2.34. The van der Waals surface area contributed by atoms with Crippen LogP contribution in [0.4, 0.5) is 38.0 Å². The van der Waals surface area contributed by atoms with E-state index in [0.717, 1.165) is 18.5 Å². The molecule has 1 fully saturated rings. The Balaban J connectivity index is 1.72. The summed E-state index contributed by atoms with van der Waals surface area (Å²) in [5, 5.41) is 3.77. The van der Waals surface area contributed by atoms with Crippen LogP contribution in [-0.2, 0) is 23.0 Å². The zero-order chi connectivity index (χ0) is 32.7. The summed E-state index contributed by atoms with van der Waals surface area (Å²) in [6.07, 6.45) is -4.07. The van der Waals surface area contributed by atoms with Crippen molar-refractivity contribution in [2.24, 2.45) is 7.05 Å². The molecule has 5 rings (SSSR count). The molecule has 1 aliphatic rings. The van der Waals surface area contributed by atoms with Gasteiger partial charge in [0.05, 0.1) is 17.6 Å². The number of aromatic nitrogens is 4. The van der Waals surface area contributed by atoms with Crippen LogP contribution in [0.15, 0.2) is 59.8 Å². The minimum atomic E-state index is -6.16. The van der Waals surface area contributed by atoms with Crippen molar-refractivity contribution in [3.63, 3.8) is 0 Å². The highest BCUT2D eigenvalue weighted by molar-refractivity contribution is 7.92. The Morgan fingerprint density at radius 1 is 0.933 bits per heavy atom. The molecular weight excluding hydrogens is 628 g/mol. The molecule has 0 atom stereocenters. The summed E-state index contributed by atoms with van der Waals surface area (Å²) in [6.45, 7) is 3.46. The van der Waals surface area contributed by atoms with Crippen LogP contribution < -0.4 is 14.4 Å². The van der Waals surface area contributed by atoms with Gasteiger partial charge >= 0.3 is 12.1 Å². The smallest absolute Gasteiger partial charge is 0.435 e. The second-order valence-electron chi connectivity index (χ2n) is 10.4. The van der Waals surface area contributed by atoms with Gasteiger partial charge in [-0.15, -0.1) is 0 Å². The van der Waals surface area contributed by atoms with Crippen LogP contribution in [0.25, 0.3) is 11.3 Å². The summed E-state index contributed by atoms with van der Waals surface area (Å²) in [5.41, 5.74) is -2.73. The molecule has 0 bridgehead atoms. The molecule has 0 spiro atoms. The average Bonchev–Trinajstić information content (AvgIpc) is 3.41. The van der Waals surface area contributed by atoms with E-state index in [4.69, 9.17) is 4.74 Å². The number of piperazine rings is 1. The molecular formula is C28H27F6N7O3S. The first-order valence-corrected chi connectivity index (χ1v) is 14.9. The van der Waals surface area contributed by atoms with Gasteiger partial charge in [-0.3, -0.25) is 4.68 Å². The molecule has 0 saturated carbocycles. The average molecular weight is 656 g/mol. The minimum Gasteiger partial charge on any atom is -0.435 e. The van der Waals surface area contributed by atoms with E-state index < -0.39 is 56.8 Å². The molecule has 1 aliphatic heterocycles. The van der Waals surface area contributed by atoms with Gasteiger partial charge in [-0.2, -0.15) is 32.0 Å². The van der Waals surface area contributed by atoms with Crippen LogP contribution in [0.2, 0.25) is 0 Å². The summed E-state index contributed by atoms with van der Waals surface area (Å²) in [5.74, 6) is -9.65. The first-order valence-electron chi connectivity index (χ1n) is 13.4. The predicted molar refractivity (Wildman–Crippen MR) is 152 cm³/mol. The van der Waals surface area contributed by atoms with Crippen molar-refractivity contribution in [3.05, 3.63) is 71.8 Å². The topological polar surface area (TPSA) is 105 Å². The number of hydrogen-bond donors (Lipinski definition) is 1. The molecule has 17 heteroatoms. The highest BCUT2D eigenvalue weighted by Gasteiger charge is 2.62. The molecule has 240 valence electrons. The number of ether oxygens (including phenoxy) is 1. The number of halogens is 6. The number of rotatable bonds is 8. The van der Waals surface area contributed by atoms with Crippen LogP contribution in [0.1, 0.15) is 11.1 Å². The van der Waals surface area contributed by atoms with E-state index in [1.807, 2.05) is 16.7 Å². The van der Waals surface area contributed by atoms with Crippen LogP contribution >= 0.6 is 0 Å². The van der Waals surface area contributed by atoms with Crippen molar-refractivity contribution < 1.29 is 39.5 Å². The van der Waals surface area contributed by atoms with Crippen molar-refractivity contribution in [1.29, 1.82) is 0 Å². The number of sulfonamides is 1.